The van der Waals surface area contributed by atoms with Crippen LogP contribution in [0.25, 0.3) is 6.08 Å². The van der Waals surface area contributed by atoms with E-state index in [-0.39, 0.29) is 11.1 Å². The van der Waals surface area contributed by atoms with Crippen LogP contribution >= 0.6 is 0 Å². The zero-order valence-corrected chi connectivity index (χ0v) is 15.9. The number of rotatable bonds is 2. The highest BCUT2D eigenvalue weighted by Gasteiger charge is 2.36. The summed E-state index contributed by atoms with van der Waals surface area (Å²) in [5.41, 5.74) is 4.26. The van der Waals surface area contributed by atoms with Crippen LogP contribution in [-0.2, 0) is 9.59 Å². The Balaban J connectivity index is 2.08. The molecule has 0 radical (unpaired) electrons. The van der Waals surface area contributed by atoms with Gasteiger partial charge in [0.05, 0.1) is 0 Å². The van der Waals surface area contributed by atoms with Crippen LogP contribution in [0, 0.1) is 6.92 Å². The molecule has 0 aliphatic carbocycles. The highest BCUT2D eigenvalue weighted by Crippen LogP contribution is 2.44. The predicted molar refractivity (Wildman–Crippen MR) is 101 cm³/mol. The molecule has 1 fully saturated rings. The number of imide groups is 2. The quantitative estimate of drug-likeness (QED) is 0.632. The number of nitrogens with one attached hydrogen (secondary N) is 2. The van der Waals surface area contributed by atoms with Crippen molar-refractivity contribution in [2.75, 3.05) is 11.4 Å². The molecule has 2 aliphatic rings. The number of nitrogens with zero attached hydrogens (tertiary/aromatic N) is 1. The number of aryl methyl sites for hydroxylation is 1. The lowest BCUT2D eigenvalue weighted by molar-refractivity contribution is -0.123. The molecule has 0 spiro atoms. The average Bonchev–Trinajstić information content (AvgIpc) is 2.51. The van der Waals surface area contributed by atoms with Crippen LogP contribution in [0.3, 0.4) is 0 Å². The minimum absolute atomic E-state index is 0.0520. The third kappa shape index (κ3) is 3.00. The van der Waals surface area contributed by atoms with Gasteiger partial charge in [0.2, 0.25) is 0 Å². The van der Waals surface area contributed by atoms with Crippen LogP contribution < -0.4 is 15.5 Å². The molecule has 0 aromatic heterocycles. The summed E-state index contributed by atoms with van der Waals surface area (Å²) < 4.78 is 0. The molecule has 138 valence electrons. The van der Waals surface area contributed by atoms with Gasteiger partial charge in [-0.05, 0) is 74.9 Å². The van der Waals surface area contributed by atoms with Crippen LogP contribution in [0.2, 0.25) is 0 Å². The fourth-order valence-electron chi connectivity index (χ4n) is 4.17. The molecule has 2 heterocycles. The topological polar surface area (TPSA) is 78.5 Å². The summed E-state index contributed by atoms with van der Waals surface area (Å²) in [6.07, 6.45) is 2.60. The smallest absolute Gasteiger partial charge is 0.328 e. The zero-order chi connectivity index (χ0) is 19.2. The highest BCUT2D eigenvalue weighted by atomic mass is 16.2. The number of fused-ring (bicyclic) bond motifs is 1. The van der Waals surface area contributed by atoms with Crippen molar-refractivity contribution in [1.82, 2.24) is 10.6 Å². The van der Waals surface area contributed by atoms with Crippen molar-refractivity contribution in [2.24, 2.45) is 0 Å². The number of hydrogen-bond donors (Lipinski definition) is 2. The SMILES string of the molecule is CCN1c2cc(C)c(C=C3C(=O)NC(=O)NC3=O)cc2[C@@H](C)CC1(C)C. The Morgan fingerprint density at radius 3 is 2.38 bits per heavy atom. The third-order valence-corrected chi connectivity index (χ3v) is 5.33. The lowest BCUT2D eigenvalue weighted by Crippen LogP contribution is -2.51. The molecule has 6 nitrogen and oxygen atoms in total. The number of amides is 4. The number of carbonyl (C=O) groups excluding carboxylic acids is 3. The van der Waals surface area contributed by atoms with Crippen LogP contribution in [0.15, 0.2) is 17.7 Å². The van der Waals surface area contributed by atoms with E-state index in [4.69, 9.17) is 0 Å². The Kier molecular flexibility index (Phi) is 4.38. The van der Waals surface area contributed by atoms with Gasteiger partial charge >= 0.3 is 6.03 Å². The Hall–Kier alpha value is -2.63. The van der Waals surface area contributed by atoms with E-state index < -0.39 is 17.8 Å². The average molecular weight is 355 g/mol. The predicted octanol–water partition coefficient (Wildman–Crippen LogP) is 2.86. The second-order valence-corrected chi connectivity index (χ2v) is 7.72. The summed E-state index contributed by atoms with van der Waals surface area (Å²) in [5.74, 6) is -0.961. The molecule has 1 saturated heterocycles. The Morgan fingerprint density at radius 1 is 1.19 bits per heavy atom. The van der Waals surface area contributed by atoms with Gasteiger partial charge in [0.25, 0.3) is 11.8 Å². The van der Waals surface area contributed by atoms with E-state index in [9.17, 15) is 14.4 Å². The van der Waals surface area contributed by atoms with Crippen molar-refractivity contribution in [1.29, 1.82) is 0 Å². The summed E-state index contributed by atoms with van der Waals surface area (Å²) in [6.45, 7) is 11.8. The molecule has 0 unspecified atom stereocenters. The molecule has 2 aliphatic heterocycles. The molecule has 3 rings (SSSR count). The molecule has 1 atom stereocenters. The molecule has 26 heavy (non-hydrogen) atoms. The first kappa shape index (κ1) is 18.2. The van der Waals surface area contributed by atoms with Gasteiger partial charge in [0.15, 0.2) is 0 Å². The Bertz CT molecular complexity index is 817. The van der Waals surface area contributed by atoms with Gasteiger partial charge in [-0.15, -0.1) is 0 Å². The molecule has 4 amide bonds. The molecule has 1 aromatic rings. The lowest BCUT2D eigenvalue weighted by atomic mass is 9.79. The Morgan fingerprint density at radius 2 is 1.81 bits per heavy atom. The molecule has 2 N–H and O–H groups in total. The summed E-state index contributed by atoms with van der Waals surface area (Å²) in [7, 11) is 0. The summed E-state index contributed by atoms with van der Waals surface area (Å²) >= 11 is 0. The molecular weight excluding hydrogens is 330 g/mol. The number of urea groups is 1. The van der Waals surface area contributed by atoms with E-state index in [0.717, 1.165) is 24.1 Å². The zero-order valence-electron chi connectivity index (χ0n) is 15.9. The van der Waals surface area contributed by atoms with E-state index >= 15 is 0 Å². The van der Waals surface area contributed by atoms with Crippen LogP contribution in [0.1, 0.15) is 56.7 Å². The van der Waals surface area contributed by atoms with Gasteiger partial charge in [0, 0.05) is 17.8 Å². The van der Waals surface area contributed by atoms with Gasteiger partial charge in [-0.1, -0.05) is 6.92 Å². The van der Waals surface area contributed by atoms with Crippen molar-refractivity contribution in [2.45, 2.75) is 52.5 Å². The first-order valence-electron chi connectivity index (χ1n) is 8.94. The standard InChI is InChI=1S/C20H25N3O3/c1-6-23-16-7-11(2)13(8-14(16)12(3)10-20(23,4)5)9-15-17(24)21-19(26)22-18(15)25/h7-9,12H,6,10H2,1-5H3,(H2,21,22,24,25,26)/t12-/m0/s1. The van der Waals surface area contributed by atoms with Gasteiger partial charge in [-0.25, -0.2) is 4.79 Å². The first-order chi connectivity index (χ1) is 12.1. The summed E-state index contributed by atoms with van der Waals surface area (Å²) in [6, 6.07) is 3.41. The van der Waals surface area contributed by atoms with E-state index in [1.54, 1.807) is 6.08 Å². The second-order valence-electron chi connectivity index (χ2n) is 7.72. The molecule has 0 bridgehead atoms. The lowest BCUT2D eigenvalue weighted by Gasteiger charge is -2.47. The van der Waals surface area contributed by atoms with E-state index in [1.807, 2.05) is 6.92 Å². The van der Waals surface area contributed by atoms with Crippen molar-refractivity contribution in [3.8, 4) is 0 Å². The highest BCUT2D eigenvalue weighted by molar-refractivity contribution is 6.31. The molecule has 0 saturated carbocycles. The van der Waals surface area contributed by atoms with Gasteiger partial charge in [-0.2, -0.15) is 0 Å². The Labute approximate surface area is 153 Å². The largest absolute Gasteiger partial charge is 0.366 e. The maximum Gasteiger partial charge on any atom is 0.328 e. The van der Waals surface area contributed by atoms with Crippen molar-refractivity contribution >= 4 is 29.6 Å². The van der Waals surface area contributed by atoms with Gasteiger partial charge < -0.3 is 4.90 Å². The fourth-order valence-corrected chi connectivity index (χ4v) is 4.17. The van der Waals surface area contributed by atoms with Crippen molar-refractivity contribution < 1.29 is 14.4 Å². The number of hydrogen-bond acceptors (Lipinski definition) is 4. The van der Waals surface area contributed by atoms with Crippen molar-refractivity contribution in [3.05, 3.63) is 34.4 Å². The maximum absolute atomic E-state index is 12.0. The number of anilines is 1. The third-order valence-electron chi connectivity index (χ3n) is 5.33. The minimum Gasteiger partial charge on any atom is -0.366 e. The van der Waals surface area contributed by atoms with Crippen LogP contribution in [0.5, 0.6) is 0 Å². The van der Waals surface area contributed by atoms with E-state index in [2.05, 4.69) is 55.4 Å². The normalized spacial score (nSPS) is 21.9. The van der Waals surface area contributed by atoms with Gasteiger partial charge in [-0.3, -0.25) is 20.2 Å². The summed E-state index contributed by atoms with van der Waals surface area (Å²) in [5, 5.41) is 4.22. The van der Waals surface area contributed by atoms with Gasteiger partial charge in [0.1, 0.15) is 5.57 Å². The molecule has 6 heteroatoms. The second kappa shape index (κ2) is 6.27. The number of carbonyl (C=O) groups is 3. The number of benzene rings is 1. The fraction of sp³-hybridized carbons (Fsp3) is 0.450. The molecule has 1 aromatic carbocycles. The minimum atomic E-state index is -0.784. The van der Waals surface area contributed by atoms with Crippen LogP contribution in [-0.4, -0.2) is 29.9 Å². The summed E-state index contributed by atoms with van der Waals surface area (Å²) in [4.78, 5) is 37.6. The monoisotopic (exact) mass is 355 g/mol. The first-order valence-corrected chi connectivity index (χ1v) is 8.94. The number of barbiturate groups is 1. The van der Waals surface area contributed by atoms with E-state index in [1.165, 1.54) is 11.3 Å². The van der Waals surface area contributed by atoms with Crippen molar-refractivity contribution in [3.63, 3.8) is 0 Å². The van der Waals surface area contributed by atoms with Crippen LogP contribution in [0.4, 0.5) is 10.5 Å². The maximum atomic E-state index is 12.0. The molecular formula is C20H25N3O3. The van der Waals surface area contributed by atoms with E-state index in [0.29, 0.717) is 5.92 Å².